The first-order valence-corrected chi connectivity index (χ1v) is 6.97. The Morgan fingerprint density at radius 1 is 1.14 bits per heavy atom. The van der Waals surface area contributed by atoms with Gasteiger partial charge in [0.25, 0.3) is 6.04 Å². The number of aliphatic hydroxyl groups excluding tert-OH is 1. The number of nitro groups is 2. The van der Waals surface area contributed by atoms with Crippen LogP contribution in [0.3, 0.4) is 0 Å². The maximum absolute atomic E-state index is 11.5. The van der Waals surface area contributed by atoms with Gasteiger partial charge in [-0.05, 0) is 18.4 Å². The van der Waals surface area contributed by atoms with Crippen LogP contribution in [0.15, 0.2) is 30.3 Å². The van der Waals surface area contributed by atoms with Crippen LogP contribution in [0.2, 0.25) is 0 Å². The molecule has 0 aliphatic heterocycles. The number of nitrogens with zero attached hydrogens (tertiary/aromatic N) is 2. The fourth-order valence-corrected chi connectivity index (χ4v) is 3.38. The lowest BCUT2D eigenvalue weighted by Crippen LogP contribution is -2.54. The highest BCUT2D eigenvalue weighted by molar-refractivity contribution is 5.24. The van der Waals surface area contributed by atoms with E-state index in [2.05, 4.69) is 0 Å². The summed E-state index contributed by atoms with van der Waals surface area (Å²) in [7, 11) is 0. The lowest BCUT2D eigenvalue weighted by Gasteiger charge is -2.36. The SMILES string of the molecule is CC[C@H]1C[C@H](O)[C@H]([N+](=O)[O-])[C@@H](c2ccccc2)[C@H]1[N+](=O)[O-]. The zero-order valence-electron chi connectivity index (χ0n) is 11.7. The molecule has 1 aromatic carbocycles. The summed E-state index contributed by atoms with van der Waals surface area (Å²) in [5, 5.41) is 32.9. The van der Waals surface area contributed by atoms with Crippen LogP contribution in [0.1, 0.15) is 31.2 Å². The minimum absolute atomic E-state index is 0.0944. The summed E-state index contributed by atoms with van der Waals surface area (Å²) in [6, 6.07) is 6.07. The second kappa shape index (κ2) is 6.17. The third-order valence-corrected chi connectivity index (χ3v) is 4.35. The molecule has 0 unspecified atom stereocenters. The van der Waals surface area contributed by atoms with Crippen LogP contribution in [-0.2, 0) is 0 Å². The molecule has 0 aromatic heterocycles. The third kappa shape index (κ3) is 2.87. The molecule has 1 fully saturated rings. The number of rotatable bonds is 4. The fourth-order valence-electron chi connectivity index (χ4n) is 3.38. The zero-order valence-corrected chi connectivity index (χ0v) is 11.7. The van der Waals surface area contributed by atoms with E-state index < -0.39 is 34.0 Å². The molecule has 0 radical (unpaired) electrons. The Labute approximate surface area is 121 Å². The Balaban J connectivity index is 2.52. The molecule has 1 aromatic rings. The quantitative estimate of drug-likeness (QED) is 0.673. The highest BCUT2D eigenvalue weighted by Gasteiger charge is 2.56. The molecule has 0 heterocycles. The zero-order chi connectivity index (χ0) is 15.6. The van der Waals surface area contributed by atoms with E-state index >= 15 is 0 Å². The molecule has 21 heavy (non-hydrogen) atoms. The van der Waals surface area contributed by atoms with Crippen LogP contribution in [0.25, 0.3) is 0 Å². The number of hydrogen-bond donors (Lipinski definition) is 1. The lowest BCUT2D eigenvalue weighted by molar-refractivity contribution is -0.588. The van der Waals surface area contributed by atoms with Crippen molar-refractivity contribution in [2.24, 2.45) is 5.92 Å². The first-order chi connectivity index (χ1) is 9.97. The van der Waals surface area contributed by atoms with Crippen molar-refractivity contribution in [1.82, 2.24) is 0 Å². The Bertz CT molecular complexity index is 521. The number of benzene rings is 1. The molecule has 1 aliphatic carbocycles. The smallest absolute Gasteiger partial charge is 0.251 e. The molecule has 5 atom stereocenters. The minimum Gasteiger partial charge on any atom is -0.386 e. The van der Waals surface area contributed by atoms with E-state index in [1.54, 1.807) is 30.3 Å². The van der Waals surface area contributed by atoms with E-state index in [0.717, 1.165) is 0 Å². The van der Waals surface area contributed by atoms with Gasteiger partial charge >= 0.3 is 0 Å². The number of hydrogen-bond acceptors (Lipinski definition) is 5. The Morgan fingerprint density at radius 3 is 2.19 bits per heavy atom. The average Bonchev–Trinajstić information content (AvgIpc) is 2.46. The number of aliphatic hydroxyl groups is 1. The van der Waals surface area contributed by atoms with E-state index in [4.69, 9.17) is 0 Å². The second-order valence-corrected chi connectivity index (χ2v) is 5.46. The molecule has 0 spiro atoms. The summed E-state index contributed by atoms with van der Waals surface area (Å²) in [6.45, 7) is 1.81. The van der Waals surface area contributed by atoms with Crippen LogP contribution < -0.4 is 0 Å². The summed E-state index contributed by atoms with van der Waals surface area (Å²) >= 11 is 0. The van der Waals surface area contributed by atoms with E-state index in [9.17, 15) is 25.3 Å². The van der Waals surface area contributed by atoms with Crippen LogP contribution in [-0.4, -0.2) is 33.1 Å². The first kappa shape index (κ1) is 15.4. The monoisotopic (exact) mass is 294 g/mol. The molecule has 1 aliphatic rings. The molecular formula is C14H18N2O5. The van der Waals surface area contributed by atoms with Gasteiger partial charge in [0.2, 0.25) is 6.04 Å². The molecule has 2 rings (SSSR count). The van der Waals surface area contributed by atoms with Crippen LogP contribution in [0, 0.1) is 26.1 Å². The molecule has 0 saturated heterocycles. The van der Waals surface area contributed by atoms with Gasteiger partial charge < -0.3 is 5.11 Å². The standard InChI is InChI=1S/C14H18N2O5/c1-2-9-8-11(17)14(16(20)21)12(13(9)15(18)19)10-6-4-3-5-7-10/h3-7,9,11-14,17H,2,8H2,1H3/t9-,11-,12-,13-,14-/m0/s1. The Hall–Kier alpha value is -2.02. The molecular weight excluding hydrogens is 276 g/mol. The topological polar surface area (TPSA) is 107 Å². The largest absolute Gasteiger partial charge is 0.386 e. The Morgan fingerprint density at radius 2 is 1.71 bits per heavy atom. The lowest BCUT2D eigenvalue weighted by atomic mass is 9.69. The third-order valence-electron chi connectivity index (χ3n) is 4.35. The van der Waals surface area contributed by atoms with E-state index in [-0.39, 0.29) is 12.3 Å². The van der Waals surface area contributed by atoms with Crippen LogP contribution >= 0.6 is 0 Å². The summed E-state index contributed by atoms with van der Waals surface area (Å²) in [5.41, 5.74) is 0.540. The van der Waals surface area contributed by atoms with Gasteiger partial charge in [0, 0.05) is 15.8 Å². The maximum atomic E-state index is 11.5. The van der Waals surface area contributed by atoms with Crippen molar-refractivity contribution in [3.63, 3.8) is 0 Å². The van der Waals surface area contributed by atoms with E-state index in [1.807, 2.05) is 6.92 Å². The van der Waals surface area contributed by atoms with Gasteiger partial charge in [-0.2, -0.15) is 0 Å². The Kier molecular flexibility index (Phi) is 4.52. The van der Waals surface area contributed by atoms with Gasteiger partial charge in [0.05, 0.1) is 0 Å². The average molecular weight is 294 g/mol. The molecule has 1 N–H and O–H groups in total. The summed E-state index contributed by atoms with van der Waals surface area (Å²) in [5.74, 6) is -1.28. The molecule has 7 nitrogen and oxygen atoms in total. The van der Waals surface area contributed by atoms with Gasteiger partial charge in [-0.3, -0.25) is 20.2 Å². The predicted molar refractivity (Wildman–Crippen MR) is 75.2 cm³/mol. The van der Waals surface area contributed by atoms with Crippen molar-refractivity contribution in [3.05, 3.63) is 56.1 Å². The minimum atomic E-state index is -1.34. The van der Waals surface area contributed by atoms with Crippen molar-refractivity contribution < 1.29 is 15.0 Å². The van der Waals surface area contributed by atoms with E-state index in [1.165, 1.54) is 0 Å². The highest BCUT2D eigenvalue weighted by atomic mass is 16.6. The van der Waals surface area contributed by atoms with Gasteiger partial charge in [-0.25, -0.2) is 0 Å². The van der Waals surface area contributed by atoms with Crippen LogP contribution in [0.5, 0.6) is 0 Å². The van der Waals surface area contributed by atoms with Crippen molar-refractivity contribution in [2.75, 3.05) is 0 Å². The van der Waals surface area contributed by atoms with E-state index in [0.29, 0.717) is 12.0 Å². The van der Waals surface area contributed by atoms with Crippen molar-refractivity contribution >= 4 is 0 Å². The van der Waals surface area contributed by atoms with Gasteiger partial charge in [-0.1, -0.05) is 37.3 Å². The molecule has 1 saturated carbocycles. The van der Waals surface area contributed by atoms with Gasteiger partial charge in [0.1, 0.15) is 12.0 Å². The molecule has 0 amide bonds. The van der Waals surface area contributed by atoms with Crippen LogP contribution in [0.4, 0.5) is 0 Å². The normalized spacial score (nSPS) is 32.6. The molecule has 7 heteroatoms. The van der Waals surface area contributed by atoms with Crippen molar-refractivity contribution in [3.8, 4) is 0 Å². The van der Waals surface area contributed by atoms with Gasteiger partial charge in [0.15, 0.2) is 0 Å². The van der Waals surface area contributed by atoms with Crippen molar-refractivity contribution in [1.29, 1.82) is 0 Å². The maximum Gasteiger partial charge on any atom is 0.251 e. The summed E-state index contributed by atoms with van der Waals surface area (Å²) < 4.78 is 0. The highest BCUT2D eigenvalue weighted by Crippen LogP contribution is 2.41. The predicted octanol–water partition coefficient (Wildman–Crippen LogP) is 1.85. The van der Waals surface area contributed by atoms with Gasteiger partial charge in [-0.15, -0.1) is 0 Å². The van der Waals surface area contributed by atoms with Crippen molar-refractivity contribution in [2.45, 2.75) is 43.9 Å². The molecule has 114 valence electrons. The first-order valence-electron chi connectivity index (χ1n) is 6.97. The molecule has 0 bridgehead atoms. The summed E-state index contributed by atoms with van der Waals surface area (Å²) in [6.07, 6.45) is -0.556. The second-order valence-electron chi connectivity index (χ2n) is 5.46. The summed E-state index contributed by atoms with van der Waals surface area (Å²) in [4.78, 5) is 21.8. The fraction of sp³-hybridized carbons (Fsp3) is 0.571.